The Kier molecular flexibility index (Phi) is 3.99. The van der Waals surface area contributed by atoms with Crippen molar-refractivity contribution in [3.63, 3.8) is 0 Å². The van der Waals surface area contributed by atoms with E-state index in [-0.39, 0.29) is 5.91 Å². The van der Waals surface area contributed by atoms with Crippen LogP contribution in [0, 0.1) is 19.8 Å². The number of hydrogen-bond acceptors (Lipinski definition) is 4. The number of pyridine rings is 2. The topological polar surface area (TPSA) is 72.7 Å². The molecule has 0 saturated heterocycles. The predicted molar refractivity (Wildman–Crippen MR) is 93.9 cm³/mol. The van der Waals surface area contributed by atoms with Crippen molar-refractivity contribution in [2.75, 3.05) is 6.54 Å². The number of amides is 1. The highest BCUT2D eigenvalue weighted by molar-refractivity contribution is 5.97. The molecule has 1 amide bonds. The van der Waals surface area contributed by atoms with Crippen molar-refractivity contribution in [1.82, 2.24) is 25.1 Å². The molecule has 4 heterocycles. The number of carbonyl (C=O) groups is 1. The van der Waals surface area contributed by atoms with Gasteiger partial charge in [-0.2, -0.15) is 9.49 Å². The van der Waals surface area contributed by atoms with Crippen molar-refractivity contribution >= 4 is 5.91 Å². The SMILES string of the molecule is Cc1cc(Cc2cc(-n3nc(C)c4c3CCNC4=O)ccn2)cnc1F. The average molecular weight is 351 g/mol. The molecule has 1 aliphatic rings. The molecule has 0 saturated carbocycles. The maximum atomic E-state index is 13.3. The smallest absolute Gasteiger partial charge is 0.255 e. The van der Waals surface area contributed by atoms with Crippen LogP contribution in [0.4, 0.5) is 4.39 Å². The summed E-state index contributed by atoms with van der Waals surface area (Å²) >= 11 is 0. The van der Waals surface area contributed by atoms with Crippen LogP contribution in [0.15, 0.2) is 30.6 Å². The zero-order valence-corrected chi connectivity index (χ0v) is 14.6. The number of hydrogen-bond donors (Lipinski definition) is 1. The molecule has 132 valence electrons. The van der Waals surface area contributed by atoms with E-state index in [0.29, 0.717) is 29.8 Å². The standard InChI is InChI=1S/C19H18FN5O/c1-11-7-13(10-23-18(11)20)8-14-9-15(3-5-21-14)25-16-4-6-22-19(26)17(16)12(2)24-25/h3,5,7,9-10H,4,6,8H2,1-2H3,(H,22,26). The van der Waals surface area contributed by atoms with Gasteiger partial charge in [-0.1, -0.05) is 0 Å². The molecule has 3 aromatic heterocycles. The van der Waals surface area contributed by atoms with Gasteiger partial charge in [0.05, 0.1) is 22.6 Å². The molecule has 26 heavy (non-hydrogen) atoms. The van der Waals surface area contributed by atoms with Gasteiger partial charge in [0.2, 0.25) is 5.95 Å². The van der Waals surface area contributed by atoms with Gasteiger partial charge < -0.3 is 5.32 Å². The predicted octanol–water partition coefficient (Wildman–Crippen LogP) is 2.29. The Balaban J connectivity index is 1.69. The van der Waals surface area contributed by atoms with E-state index in [1.807, 2.05) is 23.7 Å². The number of fused-ring (bicyclic) bond motifs is 1. The first-order valence-corrected chi connectivity index (χ1v) is 8.46. The minimum atomic E-state index is -0.451. The molecule has 0 atom stereocenters. The lowest BCUT2D eigenvalue weighted by atomic mass is 10.1. The van der Waals surface area contributed by atoms with E-state index in [9.17, 15) is 9.18 Å². The molecule has 3 aromatic rings. The maximum absolute atomic E-state index is 13.3. The first kappa shape index (κ1) is 16.4. The van der Waals surface area contributed by atoms with Crippen LogP contribution in [0.3, 0.4) is 0 Å². The summed E-state index contributed by atoms with van der Waals surface area (Å²) < 4.78 is 15.2. The molecule has 6 nitrogen and oxygen atoms in total. The van der Waals surface area contributed by atoms with Gasteiger partial charge in [-0.25, -0.2) is 9.67 Å². The fraction of sp³-hybridized carbons (Fsp3) is 0.263. The summed E-state index contributed by atoms with van der Waals surface area (Å²) in [4.78, 5) is 20.3. The fourth-order valence-corrected chi connectivity index (χ4v) is 3.31. The number of aromatic nitrogens is 4. The summed E-state index contributed by atoms with van der Waals surface area (Å²) in [6.45, 7) is 4.14. The molecular formula is C19H18FN5O. The van der Waals surface area contributed by atoms with Gasteiger partial charge in [0, 0.05) is 43.0 Å². The van der Waals surface area contributed by atoms with E-state index in [2.05, 4.69) is 20.4 Å². The van der Waals surface area contributed by atoms with Crippen LogP contribution in [0.2, 0.25) is 0 Å². The van der Waals surface area contributed by atoms with E-state index in [4.69, 9.17) is 0 Å². The van der Waals surface area contributed by atoms with E-state index in [0.717, 1.165) is 29.1 Å². The molecule has 1 N–H and O–H groups in total. The van der Waals surface area contributed by atoms with Crippen molar-refractivity contribution in [3.8, 4) is 5.69 Å². The lowest BCUT2D eigenvalue weighted by Crippen LogP contribution is -2.32. The fourth-order valence-electron chi connectivity index (χ4n) is 3.31. The number of rotatable bonds is 3. The zero-order valence-electron chi connectivity index (χ0n) is 14.6. The summed E-state index contributed by atoms with van der Waals surface area (Å²) in [5.41, 5.74) is 5.40. The summed E-state index contributed by atoms with van der Waals surface area (Å²) in [6, 6.07) is 5.59. The van der Waals surface area contributed by atoms with Crippen LogP contribution in [0.5, 0.6) is 0 Å². The Hall–Kier alpha value is -3.09. The number of nitrogens with one attached hydrogen (secondary N) is 1. The van der Waals surface area contributed by atoms with E-state index < -0.39 is 5.95 Å². The van der Waals surface area contributed by atoms with Crippen LogP contribution in [0.1, 0.15) is 38.6 Å². The quantitative estimate of drug-likeness (QED) is 0.735. The second kappa shape index (κ2) is 6.33. The molecule has 4 rings (SSSR count). The van der Waals surface area contributed by atoms with Crippen molar-refractivity contribution in [1.29, 1.82) is 0 Å². The molecule has 0 spiro atoms. The Morgan fingerprint density at radius 2 is 2.12 bits per heavy atom. The minimum absolute atomic E-state index is 0.0721. The van der Waals surface area contributed by atoms with E-state index >= 15 is 0 Å². The van der Waals surface area contributed by atoms with Crippen molar-refractivity contribution in [3.05, 3.63) is 70.3 Å². The van der Waals surface area contributed by atoms with Gasteiger partial charge in [0.1, 0.15) is 0 Å². The van der Waals surface area contributed by atoms with Gasteiger partial charge >= 0.3 is 0 Å². The van der Waals surface area contributed by atoms with E-state index in [1.54, 1.807) is 19.2 Å². The van der Waals surface area contributed by atoms with Crippen LogP contribution in [0.25, 0.3) is 5.69 Å². The van der Waals surface area contributed by atoms with Gasteiger partial charge in [-0.05, 0) is 37.6 Å². The first-order chi connectivity index (χ1) is 12.5. The van der Waals surface area contributed by atoms with Gasteiger partial charge in [-0.15, -0.1) is 0 Å². The third-order valence-corrected chi connectivity index (χ3v) is 4.53. The van der Waals surface area contributed by atoms with Crippen LogP contribution in [-0.2, 0) is 12.8 Å². The van der Waals surface area contributed by atoms with Crippen molar-refractivity contribution < 1.29 is 9.18 Å². The molecule has 0 radical (unpaired) electrons. The second-order valence-corrected chi connectivity index (χ2v) is 6.46. The number of aryl methyl sites for hydroxylation is 2. The average Bonchev–Trinajstić information content (AvgIpc) is 2.97. The van der Waals surface area contributed by atoms with Crippen LogP contribution in [-0.4, -0.2) is 32.2 Å². The third-order valence-electron chi connectivity index (χ3n) is 4.53. The zero-order chi connectivity index (χ0) is 18.3. The summed E-state index contributed by atoms with van der Waals surface area (Å²) in [5, 5.41) is 7.41. The molecule has 0 bridgehead atoms. The highest BCUT2D eigenvalue weighted by Gasteiger charge is 2.25. The largest absolute Gasteiger partial charge is 0.352 e. The van der Waals surface area contributed by atoms with Crippen LogP contribution < -0.4 is 5.32 Å². The molecule has 1 aliphatic heterocycles. The maximum Gasteiger partial charge on any atom is 0.255 e. The highest BCUT2D eigenvalue weighted by atomic mass is 19.1. The number of carbonyl (C=O) groups excluding carboxylic acids is 1. The Morgan fingerprint density at radius 3 is 2.92 bits per heavy atom. The molecule has 0 aromatic carbocycles. The lowest BCUT2D eigenvalue weighted by molar-refractivity contribution is 0.0945. The third kappa shape index (κ3) is 2.85. The Bertz CT molecular complexity index is 1010. The summed E-state index contributed by atoms with van der Waals surface area (Å²) in [7, 11) is 0. The van der Waals surface area contributed by atoms with Gasteiger partial charge in [0.15, 0.2) is 0 Å². The monoisotopic (exact) mass is 351 g/mol. The Morgan fingerprint density at radius 1 is 1.27 bits per heavy atom. The summed E-state index contributed by atoms with van der Waals surface area (Å²) in [6.07, 6.45) is 4.53. The molecule has 0 aliphatic carbocycles. The van der Waals surface area contributed by atoms with Gasteiger partial charge in [0.25, 0.3) is 5.91 Å². The van der Waals surface area contributed by atoms with Crippen molar-refractivity contribution in [2.24, 2.45) is 0 Å². The van der Waals surface area contributed by atoms with Crippen LogP contribution >= 0.6 is 0 Å². The van der Waals surface area contributed by atoms with Gasteiger partial charge in [-0.3, -0.25) is 9.78 Å². The first-order valence-electron chi connectivity index (χ1n) is 8.46. The normalized spacial score (nSPS) is 13.4. The number of nitrogens with zero attached hydrogens (tertiary/aromatic N) is 4. The van der Waals surface area contributed by atoms with E-state index in [1.165, 1.54) is 6.20 Å². The molecule has 0 fully saturated rings. The molecule has 7 heteroatoms. The lowest BCUT2D eigenvalue weighted by Gasteiger charge is -2.15. The molecular weight excluding hydrogens is 333 g/mol. The summed E-state index contributed by atoms with van der Waals surface area (Å²) in [5.74, 6) is -0.524. The molecule has 0 unspecified atom stereocenters. The Labute approximate surface area is 150 Å². The number of halogens is 1. The minimum Gasteiger partial charge on any atom is -0.352 e. The van der Waals surface area contributed by atoms with Crippen molar-refractivity contribution in [2.45, 2.75) is 26.7 Å². The second-order valence-electron chi connectivity index (χ2n) is 6.46. The highest BCUT2D eigenvalue weighted by Crippen LogP contribution is 2.22.